The van der Waals surface area contributed by atoms with Gasteiger partial charge in [0.05, 0.1) is 6.61 Å². The lowest BCUT2D eigenvalue weighted by Gasteiger charge is -2.16. The number of rotatable bonds is 6. The fraction of sp³-hybridized carbons (Fsp3) is 0.714. The molecule has 0 spiro atoms. The number of nitrogens with one attached hydrogen (secondary N) is 1. The summed E-state index contributed by atoms with van der Waals surface area (Å²) in [5, 5.41) is 3.48. The SMILES string of the molecule is COCC1CCN(c2ncc(CNC3CC3)cn2)C1. The Labute approximate surface area is 114 Å². The molecule has 0 aromatic carbocycles. The van der Waals surface area contributed by atoms with Crippen molar-refractivity contribution < 1.29 is 4.74 Å². The Morgan fingerprint density at radius 1 is 1.32 bits per heavy atom. The largest absolute Gasteiger partial charge is 0.384 e. The quantitative estimate of drug-likeness (QED) is 0.835. The highest BCUT2D eigenvalue weighted by Gasteiger charge is 2.24. The van der Waals surface area contributed by atoms with E-state index in [1.54, 1.807) is 7.11 Å². The highest BCUT2D eigenvalue weighted by molar-refractivity contribution is 5.31. The molecule has 1 aromatic rings. The standard InChI is InChI=1S/C14H22N4O/c1-19-10-11-4-5-18(9-11)14-16-7-12(8-17-14)6-15-13-2-3-13/h7-8,11,13,15H,2-6,9-10H2,1H3. The van der Waals surface area contributed by atoms with Gasteiger partial charge in [-0.2, -0.15) is 0 Å². The van der Waals surface area contributed by atoms with Crippen molar-refractivity contribution in [2.75, 3.05) is 31.7 Å². The summed E-state index contributed by atoms with van der Waals surface area (Å²) in [6, 6.07) is 0.730. The van der Waals surface area contributed by atoms with Gasteiger partial charge in [0, 0.05) is 56.7 Å². The molecule has 0 radical (unpaired) electrons. The van der Waals surface area contributed by atoms with E-state index in [1.165, 1.54) is 24.8 Å². The zero-order valence-electron chi connectivity index (χ0n) is 11.5. The summed E-state index contributed by atoms with van der Waals surface area (Å²) >= 11 is 0. The molecule has 104 valence electrons. The van der Waals surface area contributed by atoms with Gasteiger partial charge in [-0.15, -0.1) is 0 Å². The molecule has 1 saturated heterocycles. The number of anilines is 1. The lowest BCUT2D eigenvalue weighted by molar-refractivity contribution is 0.161. The van der Waals surface area contributed by atoms with Crippen LogP contribution in [0.1, 0.15) is 24.8 Å². The third-order valence-corrected chi connectivity index (χ3v) is 3.83. The van der Waals surface area contributed by atoms with E-state index < -0.39 is 0 Å². The summed E-state index contributed by atoms with van der Waals surface area (Å²) in [4.78, 5) is 11.2. The number of ether oxygens (including phenoxy) is 1. The van der Waals surface area contributed by atoms with Gasteiger partial charge in [0.25, 0.3) is 0 Å². The Morgan fingerprint density at radius 2 is 2.11 bits per heavy atom. The van der Waals surface area contributed by atoms with Crippen molar-refractivity contribution in [2.45, 2.75) is 31.8 Å². The molecule has 1 N–H and O–H groups in total. The van der Waals surface area contributed by atoms with Crippen LogP contribution in [-0.2, 0) is 11.3 Å². The molecule has 1 atom stereocenters. The van der Waals surface area contributed by atoms with Crippen molar-refractivity contribution in [3.63, 3.8) is 0 Å². The summed E-state index contributed by atoms with van der Waals surface area (Å²) in [5.74, 6) is 1.47. The molecule has 19 heavy (non-hydrogen) atoms. The predicted molar refractivity (Wildman–Crippen MR) is 74.1 cm³/mol. The molecule has 2 heterocycles. The number of methoxy groups -OCH3 is 1. The Hall–Kier alpha value is -1.20. The van der Waals surface area contributed by atoms with Gasteiger partial charge >= 0.3 is 0 Å². The third-order valence-electron chi connectivity index (χ3n) is 3.83. The van der Waals surface area contributed by atoms with E-state index >= 15 is 0 Å². The Bertz CT molecular complexity index is 404. The molecule has 5 nitrogen and oxygen atoms in total. The highest BCUT2D eigenvalue weighted by atomic mass is 16.5. The zero-order valence-corrected chi connectivity index (χ0v) is 11.5. The van der Waals surface area contributed by atoms with Crippen LogP contribution in [0.15, 0.2) is 12.4 Å². The summed E-state index contributed by atoms with van der Waals surface area (Å²) in [5.41, 5.74) is 1.17. The lowest BCUT2D eigenvalue weighted by Crippen LogP contribution is -2.23. The summed E-state index contributed by atoms with van der Waals surface area (Å²) in [7, 11) is 1.76. The fourth-order valence-electron chi connectivity index (χ4n) is 2.54. The summed E-state index contributed by atoms with van der Waals surface area (Å²) < 4.78 is 5.21. The molecule has 1 aliphatic carbocycles. The number of aromatic nitrogens is 2. The van der Waals surface area contributed by atoms with E-state index in [1.807, 2.05) is 12.4 Å². The Morgan fingerprint density at radius 3 is 2.79 bits per heavy atom. The van der Waals surface area contributed by atoms with Crippen LogP contribution in [0.25, 0.3) is 0 Å². The molecule has 0 bridgehead atoms. The van der Waals surface area contributed by atoms with Crippen molar-refractivity contribution in [1.82, 2.24) is 15.3 Å². The van der Waals surface area contributed by atoms with E-state index in [0.29, 0.717) is 5.92 Å². The summed E-state index contributed by atoms with van der Waals surface area (Å²) in [6.07, 6.45) is 7.69. The Kier molecular flexibility index (Phi) is 3.94. The predicted octanol–water partition coefficient (Wildman–Crippen LogP) is 1.20. The Balaban J connectivity index is 1.53. The van der Waals surface area contributed by atoms with E-state index in [0.717, 1.165) is 38.2 Å². The first-order valence-corrected chi connectivity index (χ1v) is 7.13. The topological polar surface area (TPSA) is 50.3 Å². The van der Waals surface area contributed by atoms with Crippen LogP contribution in [0, 0.1) is 5.92 Å². The first-order valence-electron chi connectivity index (χ1n) is 7.13. The van der Waals surface area contributed by atoms with Crippen LogP contribution in [-0.4, -0.2) is 42.8 Å². The van der Waals surface area contributed by atoms with Crippen LogP contribution in [0.3, 0.4) is 0 Å². The second-order valence-corrected chi connectivity index (χ2v) is 5.60. The second-order valence-electron chi connectivity index (χ2n) is 5.60. The molecule has 1 aliphatic heterocycles. The van der Waals surface area contributed by atoms with E-state index in [2.05, 4.69) is 20.2 Å². The molecule has 1 aromatic heterocycles. The van der Waals surface area contributed by atoms with Crippen molar-refractivity contribution in [2.24, 2.45) is 5.92 Å². The molecular weight excluding hydrogens is 240 g/mol. The maximum Gasteiger partial charge on any atom is 0.225 e. The normalized spacial score (nSPS) is 23.0. The van der Waals surface area contributed by atoms with E-state index in [9.17, 15) is 0 Å². The summed E-state index contributed by atoms with van der Waals surface area (Å²) in [6.45, 7) is 3.76. The first-order chi connectivity index (χ1) is 9.35. The molecule has 1 unspecified atom stereocenters. The average Bonchev–Trinajstić information content (AvgIpc) is 3.16. The molecular formula is C14H22N4O. The first kappa shape index (κ1) is 12.8. The molecule has 2 aliphatic rings. The van der Waals surface area contributed by atoms with Gasteiger partial charge in [0.15, 0.2) is 0 Å². The van der Waals surface area contributed by atoms with Gasteiger partial charge in [-0.1, -0.05) is 0 Å². The van der Waals surface area contributed by atoms with Crippen molar-refractivity contribution in [3.05, 3.63) is 18.0 Å². The average molecular weight is 262 g/mol. The highest BCUT2D eigenvalue weighted by Crippen LogP contribution is 2.21. The minimum atomic E-state index is 0.616. The number of nitrogens with zero attached hydrogens (tertiary/aromatic N) is 3. The van der Waals surface area contributed by atoms with E-state index in [4.69, 9.17) is 4.74 Å². The van der Waals surface area contributed by atoms with Gasteiger partial charge in [-0.3, -0.25) is 0 Å². The molecule has 2 fully saturated rings. The van der Waals surface area contributed by atoms with Gasteiger partial charge in [-0.05, 0) is 19.3 Å². The molecule has 5 heteroatoms. The number of hydrogen-bond donors (Lipinski definition) is 1. The van der Waals surface area contributed by atoms with Gasteiger partial charge < -0.3 is 15.0 Å². The van der Waals surface area contributed by atoms with Gasteiger partial charge in [0.1, 0.15) is 0 Å². The van der Waals surface area contributed by atoms with Crippen LogP contribution in [0.4, 0.5) is 5.95 Å². The molecule has 0 amide bonds. The van der Waals surface area contributed by atoms with Crippen LogP contribution < -0.4 is 10.2 Å². The van der Waals surface area contributed by atoms with Crippen molar-refractivity contribution in [3.8, 4) is 0 Å². The van der Waals surface area contributed by atoms with Gasteiger partial charge in [-0.25, -0.2) is 9.97 Å². The zero-order chi connectivity index (χ0) is 13.1. The smallest absolute Gasteiger partial charge is 0.225 e. The monoisotopic (exact) mass is 262 g/mol. The van der Waals surface area contributed by atoms with Gasteiger partial charge in [0.2, 0.25) is 5.95 Å². The number of hydrogen-bond acceptors (Lipinski definition) is 5. The maximum absolute atomic E-state index is 5.21. The minimum Gasteiger partial charge on any atom is -0.384 e. The van der Waals surface area contributed by atoms with Crippen LogP contribution >= 0.6 is 0 Å². The fourth-order valence-corrected chi connectivity index (χ4v) is 2.54. The molecule has 1 saturated carbocycles. The molecule has 3 rings (SSSR count). The third kappa shape index (κ3) is 3.42. The van der Waals surface area contributed by atoms with Crippen molar-refractivity contribution >= 4 is 5.95 Å². The van der Waals surface area contributed by atoms with Crippen molar-refractivity contribution in [1.29, 1.82) is 0 Å². The lowest BCUT2D eigenvalue weighted by atomic mass is 10.1. The van der Waals surface area contributed by atoms with Crippen LogP contribution in [0.5, 0.6) is 0 Å². The minimum absolute atomic E-state index is 0.616. The second kappa shape index (κ2) is 5.84. The van der Waals surface area contributed by atoms with Crippen LogP contribution in [0.2, 0.25) is 0 Å². The van der Waals surface area contributed by atoms with E-state index in [-0.39, 0.29) is 0 Å². The maximum atomic E-state index is 5.21.